The second-order valence-electron chi connectivity index (χ2n) is 6.40. The van der Waals surface area contributed by atoms with Gasteiger partial charge in [-0.1, -0.05) is 18.2 Å². The van der Waals surface area contributed by atoms with E-state index in [0.29, 0.717) is 13.1 Å². The first-order valence-electron chi connectivity index (χ1n) is 8.69. The predicted octanol–water partition coefficient (Wildman–Crippen LogP) is 3.22. The van der Waals surface area contributed by atoms with Gasteiger partial charge < -0.3 is 15.1 Å². The predicted molar refractivity (Wildman–Crippen MR) is 127 cm³/mol. The molecule has 3 aromatic rings. The van der Waals surface area contributed by atoms with E-state index in [1.807, 2.05) is 73.5 Å². The molecule has 0 saturated heterocycles. The summed E-state index contributed by atoms with van der Waals surface area (Å²) in [6, 6.07) is 10.1. The van der Waals surface area contributed by atoms with Crippen molar-refractivity contribution in [2.24, 2.45) is 4.99 Å². The lowest BCUT2D eigenvalue weighted by atomic mass is 10.3. The van der Waals surface area contributed by atoms with Crippen molar-refractivity contribution >= 4 is 46.4 Å². The first-order valence-corrected chi connectivity index (χ1v) is 9.57. The summed E-state index contributed by atoms with van der Waals surface area (Å²) in [5.74, 6) is 0.821. The van der Waals surface area contributed by atoms with Crippen molar-refractivity contribution in [2.75, 3.05) is 33.1 Å². The van der Waals surface area contributed by atoms with E-state index in [1.54, 1.807) is 18.4 Å². The molecule has 0 radical (unpaired) electrons. The van der Waals surface area contributed by atoms with Crippen LogP contribution in [0.2, 0.25) is 0 Å². The third-order valence-electron chi connectivity index (χ3n) is 4.00. The zero-order chi connectivity index (χ0) is 19.2. The van der Waals surface area contributed by atoms with Crippen molar-refractivity contribution in [3.8, 4) is 5.69 Å². The third-order valence-corrected chi connectivity index (χ3v) is 5.06. The molecule has 0 aliphatic heterocycles. The molecule has 0 bridgehead atoms. The van der Waals surface area contributed by atoms with Gasteiger partial charge in [-0.25, -0.2) is 9.67 Å². The molecule has 9 heteroatoms. The topological polar surface area (TPSA) is 61.6 Å². The molecule has 0 saturated carbocycles. The third kappa shape index (κ3) is 5.68. The Morgan fingerprint density at radius 2 is 1.96 bits per heavy atom. The normalized spacial score (nSPS) is 11.1. The number of para-hydroxylation sites is 1. The molecule has 1 N–H and O–H groups in total. The minimum Gasteiger partial charge on any atom is -0.354 e. The lowest BCUT2D eigenvalue weighted by Crippen LogP contribution is -2.38. The number of guanidine groups is 1. The largest absolute Gasteiger partial charge is 0.354 e. The van der Waals surface area contributed by atoms with Crippen molar-refractivity contribution in [2.45, 2.75) is 13.1 Å². The highest BCUT2D eigenvalue weighted by atomic mass is 127. The van der Waals surface area contributed by atoms with E-state index in [-0.39, 0.29) is 24.0 Å². The summed E-state index contributed by atoms with van der Waals surface area (Å²) in [6.45, 7) is 1.36. The first-order chi connectivity index (χ1) is 13.1. The Balaban J connectivity index is 0.00000280. The summed E-state index contributed by atoms with van der Waals surface area (Å²) < 4.78 is 1.89. The van der Waals surface area contributed by atoms with Crippen molar-refractivity contribution in [1.29, 1.82) is 0 Å². The van der Waals surface area contributed by atoms with E-state index in [1.165, 1.54) is 0 Å². The molecular weight excluding hydrogens is 485 g/mol. The zero-order valence-electron chi connectivity index (χ0n) is 16.5. The van der Waals surface area contributed by atoms with Crippen LogP contribution in [0, 0.1) is 0 Å². The Morgan fingerprint density at radius 1 is 1.21 bits per heavy atom. The Kier molecular flexibility index (Phi) is 8.24. The van der Waals surface area contributed by atoms with Crippen LogP contribution in [0.15, 0.2) is 53.1 Å². The van der Waals surface area contributed by atoms with Crippen LogP contribution in [0.25, 0.3) is 5.69 Å². The summed E-state index contributed by atoms with van der Waals surface area (Å²) in [7, 11) is 7.80. The molecule has 0 unspecified atom stereocenters. The standard InChI is InChI=1S/C19H25N7S.HI/c1-20-18(21-11-16-14-27-19(23-16)24(2)3)25(4)12-15-10-22-26(13-15)17-8-6-5-7-9-17;/h5-10,13-14H,11-12H2,1-4H3,(H,20,21);1H. The Labute approximate surface area is 187 Å². The average Bonchev–Trinajstić information content (AvgIpc) is 3.33. The lowest BCUT2D eigenvalue weighted by molar-refractivity contribution is 0.476. The van der Waals surface area contributed by atoms with Gasteiger partial charge in [-0.2, -0.15) is 5.10 Å². The van der Waals surface area contributed by atoms with Crippen LogP contribution in [0.3, 0.4) is 0 Å². The Bertz CT molecular complexity index is 889. The Morgan fingerprint density at radius 3 is 2.61 bits per heavy atom. The SMILES string of the molecule is CN=C(NCc1csc(N(C)C)n1)N(C)Cc1cnn(-c2ccccc2)c1.I. The van der Waals surface area contributed by atoms with Gasteiger partial charge in [-0.05, 0) is 12.1 Å². The molecule has 0 amide bonds. The fraction of sp³-hybridized carbons (Fsp3) is 0.316. The fourth-order valence-electron chi connectivity index (χ4n) is 2.65. The molecule has 0 aliphatic carbocycles. The first kappa shape index (κ1) is 22.2. The number of benzene rings is 1. The molecule has 0 aliphatic rings. The molecule has 2 aromatic heterocycles. The fourth-order valence-corrected chi connectivity index (χ4v) is 3.41. The van der Waals surface area contributed by atoms with Gasteiger partial charge in [0.15, 0.2) is 11.1 Å². The van der Waals surface area contributed by atoms with Crippen LogP contribution in [0.5, 0.6) is 0 Å². The highest BCUT2D eigenvalue weighted by Crippen LogP contribution is 2.17. The smallest absolute Gasteiger partial charge is 0.194 e. The molecule has 0 spiro atoms. The highest BCUT2D eigenvalue weighted by Gasteiger charge is 2.10. The number of aliphatic imine (C=N–C) groups is 1. The molecule has 7 nitrogen and oxygen atoms in total. The Hall–Kier alpha value is -2.14. The molecule has 0 fully saturated rings. The van der Waals surface area contributed by atoms with Gasteiger partial charge in [-0.3, -0.25) is 4.99 Å². The number of halogens is 1. The van der Waals surface area contributed by atoms with Crippen LogP contribution in [-0.2, 0) is 13.1 Å². The van der Waals surface area contributed by atoms with Gasteiger partial charge >= 0.3 is 0 Å². The van der Waals surface area contributed by atoms with Gasteiger partial charge in [0.05, 0.1) is 24.1 Å². The molecule has 28 heavy (non-hydrogen) atoms. The van der Waals surface area contributed by atoms with E-state index < -0.39 is 0 Å². The van der Waals surface area contributed by atoms with Crippen LogP contribution in [-0.4, -0.2) is 53.8 Å². The number of rotatable bonds is 6. The van der Waals surface area contributed by atoms with E-state index in [0.717, 1.165) is 28.0 Å². The maximum absolute atomic E-state index is 4.59. The van der Waals surface area contributed by atoms with Gasteiger partial charge in [0.25, 0.3) is 0 Å². The van der Waals surface area contributed by atoms with Crippen LogP contribution in [0.1, 0.15) is 11.3 Å². The van der Waals surface area contributed by atoms with Crippen LogP contribution in [0.4, 0.5) is 5.13 Å². The second kappa shape index (κ2) is 10.4. The maximum atomic E-state index is 4.59. The van der Waals surface area contributed by atoms with E-state index >= 15 is 0 Å². The minimum atomic E-state index is 0. The number of aromatic nitrogens is 3. The number of hydrogen-bond acceptors (Lipinski definition) is 5. The number of thiazole rings is 1. The van der Waals surface area contributed by atoms with Crippen LogP contribution < -0.4 is 10.2 Å². The van der Waals surface area contributed by atoms with Gasteiger partial charge in [0, 0.05) is 51.9 Å². The molecular formula is C19H26IN7S. The molecule has 2 heterocycles. The van der Waals surface area contributed by atoms with Crippen molar-refractivity contribution in [3.63, 3.8) is 0 Å². The summed E-state index contributed by atoms with van der Waals surface area (Å²) in [5.41, 5.74) is 3.18. The number of anilines is 1. The maximum Gasteiger partial charge on any atom is 0.194 e. The lowest BCUT2D eigenvalue weighted by Gasteiger charge is -2.21. The highest BCUT2D eigenvalue weighted by molar-refractivity contribution is 14.0. The zero-order valence-corrected chi connectivity index (χ0v) is 19.7. The molecule has 0 atom stereocenters. The van der Waals surface area contributed by atoms with Crippen molar-refractivity contribution in [1.82, 2.24) is 25.0 Å². The van der Waals surface area contributed by atoms with E-state index in [4.69, 9.17) is 0 Å². The number of nitrogens with one attached hydrogen (secondary N) is 1. The van der Waals surface area contributed by atoms with E-state index in [9.17, 15) is 0 Å². The summed E-state index contributed by atoms with van der Waals surface area (Å²) in [6.07, 6.45) is 3.93. The number of hydrogen-bond donors (Lipinski definition) is 1. The summed E-state index contributed by atoms with van der Waals surface area (Å²) in [5, 5.41) is 10.9. The summed E-state index contributed by atoms with van der Waals surface area (Å²) >= 11 is 1.64. The average molecular weight is 511 g/mol. The van der Waals surface area contributed by atoms with Gasteiger partial charge in [0.1, 0.15) is 0 Å². The second-order valence-corrected chi connectivity index (χ2v) is 7.24. The van der Waals surface area contributed by atoms with Gasteiger partial charge in [-0.15, -0.1) is 35.3 Å². The molecule has 150 valence electrons. The molecule has 1 aromatic carbocycles. The van der Waals surface area contributed by atoms with Crippen molar-refractivity contribution in [3.05, 3.63) is 59.4 Å². The monoisotopic (exact) mass is 511 g/mol. The number of nitrogens with zero attached hydrogens (tertiary/aromatic N) is 6. The van der Waals surface area contributed by atoms with E-state index in [2.05, 4.69) is 30.7 Å². The van der Waals surface area contributed by atoms with Gasteiger partial charge in [0.2, 0.25) is 0 Å². The van der Waals surface area contributed by atoms with Crippen LogP contribution >= 0.6 is 35.3 Å². The summed E-state index contributed by atoms with van der Waals surface area (Å²) in [4.78, 5) is 13.1. The van der Waals surface area contributed by atoms with Crippen molar-refractivity contribution < 1.29 is 0 Å². The molecule has 3 rings (SSSR count). The quantitative estimate of drug-likeness (QED) is 0.313. The minimum absolute atomic E-state index is 0.